The molecule has 2 aliphatic heterocycles. The number of fused-ring (bicyclic) bond motifs is 3. The maximum atomic E-state index is 13.4. The third-order valence-corrected chi connectivity index (χ3v) is 8.03. The van der Waals surface area contributed by atoms with Gasteiger partial charge in [0.05, 0.1) is 30.8 Å². The molecule has 0 saturated carbocycles. The molecule has 0 unspecified atom stereocenters. The maximum Gasteiger partial charge on any atom is 0.257 e. The number of rotatable bonds is 5. The summed E-state index contributed by atoms with van der Waals surface area (Å²) in [4.78, 5) is 18.9. The summed E-state index contributed by atoms with van der Waals surface area (Å²) in [7, 11) is -3.41. The number of nitrogens with zero attached hydrogens (tertiary/aromatic N) is 3. The van der Waals surface area contributed by atoms with Crippen LogP contribution >= 0.6 is 23.1 Å². The first kappa shape index (κ1) is 19.4. The zero-order chi connectivity index (χ0) is 20.7. The first-order valence-corrected chi connectivity index (χ1v) is 12.6. The molecule has 0 spiro atoms. The van der Waals surface area contributed by atoms with Gasteiger partial charge in [-0.25, -0.2) is 8.42 Å². The van der Waals surface area contributed by atoms with Crippen LogP contribution in [0.25, 0.3) is 0 Å². The molecule has 7 nitrogen and oxygen atoms in total. The fourth-order valence-corrected chi connectivity index (χ4v) is 6.44. The second kappa shape index (κ2) is 7.60. The van der Waals surface area contributed by atoms with Crippen molar-refractivity contribution in [3.05, 3.63) is 70.3 Å². The fourth-order valence-electron chi connectivity index (χ4n) is 3.43. The molecule has 1 amide bonds. The molecule has 2 aromatic heterocycles. The van der Waals surface area contributed by atoms with Crippen LogP contribution in [0.1, 0.15) is 21.0 Å². The number of carbonyl (C=O) groups excluding carboxylic acids is 1. The molecule has 0 radical (unpaired) electrons. The lowest BCUT2D eigenvalue weighted by Gasteiger charge is -2.23. The minimum atomic E-state index is -3.41. The van der Waals surface area contributed by atoms with Gasteiger partial charge in [-0.3, -0.25) is 4.79 Å². The van der Waals surface area contributed by atoms with Gasteiger partial charge in [0.25, 0.3) is 15.9 Å². The Kier molecular flexibility index (Phi) is 4.92. The van der Waals surface area contributed by atoms with Crippen LogP contribution in [0.15, 0.2) is 67.8 Å². The van der Waals surface area contributed by atoms with Crippen LogP contribution in [0, 0.1) is 0 Å². The number of hydrogen-bond donors (Lipinski definition) is 0. The van der Waals surface area contributed by atoms with Gasteiger partial charge < -0.3 is 14.2 Å². The third-order valence-electron chi connectivity index (χ3n) is 4.86. The number of amidine groups is 1. The fraction of sp³-hybridized carbons (Fsp3) is 0.200. The van der Waals surface area contributed by atoms with Crippen molar-refractivity contribution in [3.63, 3.8) is 0 Å². The maximum absolute atomic E-state index is 13.4. The molecule has 0 bridgehead atoms. The molecule has 2 aliphatic rings. The van der Waals surface area contributed by atoms with E-state index in [0.29, 0.717) is 36.1 Å². The van der Waals surface area contributed by atoms with Gasteiger partial charge in [0.2, 0.25) is 0 Å². The van der Waals surface area contributed by atoms with Gasteiger partial charge in [-0.2, -0.15) is 0 Å². The third kappa shape index (κ3) is 3.78. The molecule has 154 valence electrons. The average Bonchev–Trinajstić information content (AvgIpc) is 3.46. The lowest BCUT2D eigenvalue weighted by molar-refractivity contribution is 0.0719. The molecule has 0 N–H and O–H groups in total. The summed E-state index contributed by atoms with van der Waals surface area (Å²) in [5, 5.41) is 2.44. The summed E-state index contributed by atoms with van der Waals surface area (Å²) in [5.41, 5.74) is 1.44. The van der Waals surface area contributed by atoms with Crippen molar-refractivity contribution in [1.29, 1.82) is 0 Å². The van der Waals surface area contributed by atoms with Gasteiger partial charge in [-0.1, -0.05) is 6.07 Å². The van der Waals surface area contributed by atoms with Crippen LogP contribution in [0.5, 0.6) is 0 Å². The number of amides is 1. The van der Waals surface area contributed by atoms with E-state index < -0.39 is 10.0 Å². The van der Waals surface area contributed by atoms with Crippen LogP contribution in [0.4, 0.5) is 5.69 Å². The van der Waals surface area contributed by atoms with Crippen molar-refractivity contribution in [2.75, 3.05) is 17.2 Å². The Balaban J connectivity index is 1.43. The molecule has 0 aliphatic carbocycles. The van der Waals surface area contributed by atoms with Crippen LogP contribution in [0.2, 0.25) is 0 Å². The van der Waals surface area contributed by atoms with Gasteiger partial charge in [0, 0.05) is 21.9 Å². The summed E-state index contributed by atoms with van der Waals surface area (Å²) in [6.45, 7) is 1.22. The standard InChI is InChI=1S/C20H17N3O4S3/c24-19(22(12-15-3-1-8-27-15)13-16-4-2-9-28-16)14-5-6-17-18(11-14)29-20-21-30(25,26)10-7-23(17)20/h1-6,8-9,11H,7,10,12-13H2. The van der Waals surface area contributed by atoms with Crippen molar-refractivity contribution >= 4 is 49.9 Å². The summed E-state index contributed by atoms with van der Waals surface area (Å²) in [5.74, 6) is 0.601. The second-order valence-electron chi connectivity index (χ2n) is 6.92. The van der Waals surface area contributed by atoms with Gasteiger partial charge >= 0.3 is 0 Å². The van der Waals surface area contributed by atoms with Gasteiger partial charge in [-0.05, 0) is 53.5 Å². The molecule has 1 aromatic carbocycles. The molecular weight excluding hydrogens is 442 g/mol. The van der Waals surface area contributed by atoms with Crippen molar-refractivity contribution in [1.82, 2.24) is 4.90 Å². The molecule has 5 rings (SSSR count). The van der Waals surface area contributed by atoms with E-state index in [4.69, 9.17) is 4.42 Å². The van der Waals surface area contributed by atoms with Crippen molar-refractivity contribution in [3.8, 4) is 0 Å². The number of thiophene rings is 1. The number of carbonyl (C=O) groups is 1. The Bertz CT molecular complexity index is 1180. The normalized spacial score (nSPS) is 16.7. The first-order valence-electron chi connectivity index (χ1n) is 9.25. The molecule has 4 heterocycles. The number of hydrogen-bond acceptors (Lipinski definition) is 7. The Morgan fingerprint density at radius 2 is 2.10 bits per heavy atom. The van der Waals surface area contributed by atoms with Gasteiger partial charge in [-0.15, -0.1) is 15.7 Å². The Morgan fingerprint density at radius 1 is 1.20 bits per heavy atom. The van der Waals surface area contributed by atoms with E-state index >= 15 is 0 Å². The van der Waals surface area contributed by atoms with E-state index in [1.165, 1.54) is 11.8 Å². The molecule has 3 aromatic rings. The zero-order valence-corrected chi connectivity index (χ0v) is 18.2. The van der Waals surface area contributed by atoms with Crippen LogP contribution in [0.3, 0.4) is 0 Å². The van der Waals surface area contributed by atoms with Crippen LogP contribution < -0.4 is 4.90 Å². The molecule has 0 saturated heterocycles. The van der Waals surface area contributed by atoms with Crippen LogP contribution in [-0.2, 0) is 23.1 Å². The van der Waals surface area contributed by atoms with Crippen molar-refractivity contribution in [2.24, 2.45) is 4.40 Å². The highest BCUT2D eigenvalue weighted by atomic mass is 32.2. The monoisotopic (exact) mass is 459 g/mol. The number of benzene rings is 1. The zero-order valence-electron chi connectivity index (χ0n) is 15.7. The SMILES string of the molecule is O=C(c1ccc2c(c1)SC1=NS(=O)(=O)CCN12)N(Cc1ccco1)Cc1cccs1. The predicted molar refractivity (Wildman–Crippen MR) is 117 cm³/mol. The summed E-state index contributed by atoms with van der Waals surface area (Å²) < 4.78 is 33.0. The number of sulfonamides is 1. The Morgan fingerprint density at radius 3 is 2.87 bits per heavy atom. The number of furan rings is 1. The Labute approximate surface area is 182 Å². The number of anilines is 1. The molecule has 30 heavy (non-hydrogen) atoms. The topological polar surface area (TPSA) is 83.2 Å². The highest BCUT2D eigenvalue weighted by molar-refractivity contribution is 8.15. The smallest absolute Gasteiger partial charge is 0.257 e. The van der Waals surface area contributed by atoms with Crippen molar-refractivity contribution in [2.45, 2.75) is 18.0 Å². The van der Waals surface area contributed by atoms with E-state index in [0.717, 1.165) is 15.5 Å². The average molecular weight is 460 g/mol. The Hall–Kier alpha value is -2.56. The van der Waals surface area contributed by atoms with Gasteiger partial charge in [0.15, 0.2) is 5.17 Å². The highest BCUT2D eigenvalue weighted by Crippen LogP contribution is 2.42. The predicted octanol–water partition coefficient (Wildman–Crippen LogP) is 3.80. The summed E-state index contributed by atoms with van der Waals surface area (Å²) >= 11 is 2.89. The quantitative estimate of drug-likeness (QED) is 0.577. The van der Waals surface area contributed by atoms with E-state index in [1.54, 1.807) is 34.6 Å². The molecule has 0 fully saturated rings. The van der Waals surface area contributed by atoms with E-state index in [2.05, 4.69) is 4.40 Å². The summed E-state index contributed by atoms with van der Waals surface area (Å²) in [6.07, 6.45) is 1.60. The number of thioether (sulfide) groups is 1. The lowest BCUT2D eigenvalue weighted by atomic mass is 10.1. The minimum absolute atomic E-state index is 0.00504. The highest BCUT2D eigenvalue weighted by Gasteiger charge is 2.33. The largest absolute Gasteiger partial charge is 0.467 e. The van der Waals surface area contributed by atoms with Crippen LogP contribution in [-0.4, -0.2) is 36.7 Å². The van der Waals surface area contributed by atoms with E-state index in [1.807, 2.05) is 40.6 Å². The lowest BCUT2D eigenvalue weighted by Crippen LogP contribution is -2.35. The first-order chi connectivity index (χ1) is 14.5. The molecular formula is C20H17N3O4S3. The summed E-state index contributed by atoms with van der Waals surface area (Å²) in [6, 6.07) is 13.1. The molecule has 0 atom stereocenters. The molecule has 10 heteroatoms. The van der Waals surface area contributed by atoms with E-state index in [-0.39, 0.29) is 11.7 Å². The van der Waals surface area contributed by atoms with Gasteiger partial charge in [0.1, 0.15) is 5.76 Å². The second-order valence-corrected chi connectivity index (χ2v) is 10.7. The van der Waals surface area contributed by atoms with Crippen molar-refractivity contribution < 1.29 is 17.6 Å². The van der Waals surface area contributed by atoms with E-state index in [9.17, 15) is 13.2 Å². The minimum Gasteiger partial charge on any atom is -0.467 e.